The highest BCUT2D eigenvalue weighted by atomic mass is 32.1. The van der Waals surface area contributed by atoms with E-state index in [4.69, 9.17) is 0 Å². The van der Waals surface area contributed by atoms with Gasteiger partial charge in [-0.2, -0.15) is 0 Å². The first-order chi connectivity index (χ1) is 8.70. The molecule has 0 aliphatic carbocycles. The molecule has 2 amide bonds. The molecule has 18 heavy (non-hydrogen) atoms. The lowest BCUT2D eigenvalue weighted by atomic mass is 9.96. The molecule has 2 rings (SSSR count). The van der Waals surface area contributed by atoms with Crippen LogP contribution in [0.25, 0.3) is 0 Å². The second-order valence-corrected chi connectivity index (χ2v) is 5.02. The molecule has 2 heterocycles. The maximum absolute atomic E-state index is 11.9. The van der Waals surface area contributed by atoms with Crippen molar-refractivity contribution in [2.45, 2.75) is 12.8 Å². The number of nitrogens with zero attached hydrogens (tertiary/aromatic N) is 2. The monoisotopic (exact) mass is 265 g/mol. The van der Waals surface area contributed by atoms with Crippen LogP contribution in [0.2, 0.25) is 0 Å². The Morgan fingerprint density at radius 1 is 1.50 bits per heavy atom. The highest BCUT2D eigenvalue weighted by Crippen LogP contribution is 2.20. The fourth-order valence-electron chi connectivity index (χ4n) is 1.98. The van der Waals surface area contributed by atoms with Gasteiger partial charge in [-0.05, 0) is 18.9 Å². The zero-order chi connectivity index (χ0) is 13.0. The van der Waals surface area contributed by atoms with Gasteiger partial charge in [-0.3, -0.25) is 9.59 Å². The van der Waals surface area contributed by atoms with E-state index in [1.54, 1.807) is 11.1 Å². The molecule has 0 aromatic carbocycles. The van der Waals surface area contributed by atoms with Gasteiger partial charge in [-0.25, -0.2) is 4.98 Å². The molecular weight excluding hydrogens is 250 g/mol. The van der Waals surface area contributed by atoms with Gasteiger partial charge in [0.15, 0.2) is 5.13 Å². The Balaban J connectivity index is 1.84. The first-order valence-corrected chi connectivity index (χ1v) is 6.70. The summed E-state index contributed by atoms with van der Waals surface area (Å²) in [7, 11) is 0. The summed E-state index contributed by atoms with van der Waals surface area (Å²) < 4.78 is 0. The number of carbonyl (C=O) groups excluding carboxylic acids is 2. The molecule has 0 bridgehead atoms. The second-order valence-electron chi connectivity index (χ2n) is 4.13. The standard InChI is InChI=1S/C12H15N3O2S/c1-2-10(16)15-6-3-9(4-7-15)11(17)14-12-13-5-8-18-12/h2,5,8-9H,1,3-4,6-7H2,(H,13,14,17). The summed E-state index contributed by atoms with van der Waals surface area (Å²) in [6.07, 6.45) is 4.36. The van der Waals surface area contributed by atoms with Crippen LogP contribution in [0.15, 0.2) is 24.2 Å². The van der Waals surface area contributed by atoms with Crippen molar-refractivity contribution >= 4 is 28.3 Å². The summed E-state index contributed by atoms with van der Waals surface area (Å²) in [5, 5.41) is 5.24. The summed E-state index contributed by atoms with van der Waals surface area (Å²) >= 11 is 1.40. The van der Waals surface area contributed by atoms with Crippen LogP contribution in [0.4, 0.5) is 5.13 Å². The van der Waals surface area contributed by atoms with Gasteiger partial charge < -0.3 is 10.2 Å². The third kappa shape index (κ3) is 2.95. The van der Waals surface area contributed by atoms with Gasteiger partial charge in [-0.15, -0.1) is 11.3 Å². The molecule has 1 saturated heterocycles. The minimum Gasteiger partial charge on any atom is -0.339 e. The van der Waals surface area contributed by atoms with Crippen LogP contribution < -0.4 is 5.32 Å². The molecule has 1 N–H and O–H groups in total. The Kier molecular flexibility index (Phi) is 4.09. The number of piperidine rings is 1. The fraction of sp³-hybridized carbons (Fsp3) is 0.417. The van der Waals surface area contributed by atoms with Crippen LogP contribution >= 0.6 is 11.3 Å². The zero-order valence-electron chi connectivity index (χ0n) is 9.96. The number of anilines is 1. The van der Waals surface area contributed by atoms with Crippen LogP contribution in [0, 0.1) is 5.92 Å². The number of amides is 2. The average molecular weight is 265 g/mol. The predicted molar refractivity (Wildman–Crippen MR) is 70.2 cm³/mol. The molecule has 0 radical (unpaired) electrons. The minimum atomic E-state index is -0.0613. The van der Waals surface area contributed by atoms with E-state index in [1.165, 1.54) is 17.4 Å². The van der Waals surface area contributed by atoms with Crippen LogP contribution in [-0.4, -0.2) is 34.8 Å². The Morgan fingerprint density at radius 2 is 2.22 bits per heavy atom. The third-order valence-corrected chi connectivity index (χ3v) is 3.70. The molecule has 96 valence electrons. The summed E-state index contributed by atoms with van der Waals surface area (Å²) in [5.41, 5.74) is 0. The van der Waals surface area contributed by atoms with Crippen molar-refractivity contribution in [3.8, 4) is 0 Å². The lowest BCUT2D eigenvalue weighted by Crippen LogP contribution is -2.40. The molecular formula is C12H15N3O2S. The Bertz CT molecular complexity index is 436. The lowest BCUT2D eigenvalue weighted by molar-refractivity contribution is -0.130. The molecule has 1 aromatic rings. The van der Waals surface area contributed by atoms with Crippen molar-refractivity contribution in [3.05, 3.63) is 24.2 Å². The van der Waals surface area contributed by atoms with E-state index in [9.17, 15) is 9.59 Å². The van der Waals surface area contributed by atoms with Crippen molar-refractivity contribution in [1.29, 1.82) is 0 Å². The van der Waals surface area contributed by atoms with Crippen molar-refractivity contribution < 1.29 is 9.59 Å². The van der Waals surface area contributed by atoms with E-state index in [-0.39, 0.29) is 17.7 Å². The number of aromatic nitrogens is 1. The number of likely N-dealkylation sites (tertiary alicyclic amines) is 1. The summed E-state index contributed by atoms with van der Waals surface area (Å²) in [4.78, 5) is 29.1. The smallest absolute Gasteiger partial charge is 0.245 e. The Hall–Kier alpha value is -1.69. The number of rotatable bonds is 3. The van der Waals surface area contributed by atoms with E-state index >= 15 is 0 Å². The first kappa shape index (κ1) is 12.8. The van der Waals surface area contributed by atoms with E-state index < -0.39 is 0 Å². The maximum atomic E-state index is 11.9. The highest BCUT2D eigenvalue weighted by molar-refractivity contribution is 7.13. The molecule has 0 spiro atoms. The zero-order valence-corrected chi connectivity index (χ0v) is 10.8. The van der Waals surface area contributed by atoms with E-state index in [2.05, 4.69) is 16.9 Å². The molecule has 1 aliphatic heterocycles. The molecule has 1 aliphatic rings. The van der Waals surface area contributed by atoms with Gasteiger partial charge >= 0.3 is 0 Å². The Labute approximate surface area is 110 Å². The molecule has 1 aromatic heterocycles. The van der Waals surface area contributed by atoms with Crippen LogP contribution in [-0.2, 0) is 9.59 Å². The number of thiazole rings is 1. The molecule has 5 nitrogen and oxygen atoms in total. The van der Waals surface area contributed by atoms with Crippen molar-refractivity contribution in [2.75, 3.05) is 18.4 Å². The number of nitrogens with one attached hydrogen (secondary N) is 1. The highest BCUT2D eigenvalue weighted by Gasteiger charge is 2.26. The maximum Gasteiger partial charge on any atom is 0.245 e. The fourth-order valence-corrected chi connectivity index (χ4v) is 2.52. The van der Waals surface area contributed by atoms with E-state index in [1.807, 2.05) is 5.38 Å². The molecule has 0 saturated carbocycles. The summed E-state index contributed by atoms with van der Waals surface area (Å²) in [6.45, 7) is 4.69. The SMILES string of the molecule is C=CC(=O)N1CCC(C(=O)Nc2nccs2)CC1. The first-order valence-electron chi connectivity index (χ1n) is 5.82. The van der Waals surface area contributed by atoms with Gasteiger partial charge in [0, 0.05) is 30.6 Å². The average Bonchev–Trinajstić information content (AvgIpc) is 2.91. The predicted octanol–water partition coefficient (Wildman–Crippen LogP) is 1.51. The normalized spacial score (nSPS) is 16.3. The third-order valence-electron chi connectivity index (χ3n) is 3.01. The molecule has 1 fully saturated rings. The van der Waals surface area contributed by atoms with Crippen LogP contribution in [0.5, 0.6) is 0 Å². The number of hydrogen-bond acceptors (Lipinski definition) is 4. The largest absolute Gasteiger partial charge is 0.339 e. The van der Waals surface area contributed by atoms with Crippen molar-refractivity contribution in [2.24, 2.45) is 5.92 Å². The van der Waals surface area contributed by atoms with Crippen molar-refractivity contribution in [3.63, 3.8) is 0 Å². The second kappa shape index (κ2) is 5.77. The quantitative estimate of drug-likeness (QED) is 0.843. The van der Waals surface area contributed by atoms with Gasteiger partial charge in [-0.1, -0.05) is 6.58 Å². The lowest BCUT2D eigenvalue weighted by Gasteiger charge is -2.30. The van der Waals surface area contributed by atoms with Gasteiger partial charge in [0.1, 0.15) is 0 Å². The number of hydrogen-bond donors (Lipinski definition) is 1. The Morgan fingerprint density at radius 3 is 2.78 bits per heavy atom. The molecule has 0 unspecified atom stereocenters. The van der Waals surface area contributed by atoms with Crippen LogP contribution in [0.1, 0.15) is 12.8 Å². The summed E-state index contributed by atoms with van der Waals surface area (Å²) in [5.74, 6) is -0.104. The van der Waals surface area contributed by atoms with Crippen molar-refractivity contribution in [1.82, 2.24) is 9.88 Å². The number of carbonyl (C=O) groups is 2. The summed E-state index contributed by atoms with van der Waals surface area (Å²) in [6, 6.07) is 0. The minimum absolute atomic E-state index is 0.00403. The van der Waals surface area contributed by atoms with Crippen LogP contribution in [0.3, 0.4) is 0 Å². The van der Waals surface area contributed by atoms with Gasteiger partial charge in [0.25, 0.3) is 0 Å². The van der Waals surface area contributed by atoms with E-state index in [0.29, 0.717) is 31.1 Å². The van der Waals surface area contributed by atoms with E-state index in [0.717, 1.165) is 0 Å². The molecule has 0 atom stereocenters. The van der Waals surface area contributed by atoms with Gasteiger partial charge in [0.2, 0.25) is 11.8 Å². The molecule has 6 heteroatoms. The van der Waals surface area contributed by atoms with Gasteiger partial charge in [0.05, 0.1) is 0 Å². The topological polar surface area (TPSA) is 62.3 Å².